The first kappa shape index (κ1) is 23.9. The van der Waals surface area contributed by atoms with Crippen molar-refractivity contribution in [1.82, 2.24) is 24.9 Å². The zero-order chi connectivity index (χ0) is 27.9. The Morgan fingerprint density at radius 1 is 0.333 bits per heavy atom. The smallest absolute Gasteiger partial charge is 0.227 e. The molecule has 3 heterocycles. The van der Waals surface area contributed by atoms with Gasteiger partial charge in [0, 0.05) is 27.8 Å². The van der Waals surface area contributed by atoms with Gasteiger partial charge in [0.25, 0.3) is 0 Å². The van der Waals surface area contributed by atoms with Crippen LogP contribution in [0.4, 0.5) is 0 Å². The van der Waals surface area contributed by atoms with Crippen molar-refractivity contribution in [2.45, 2.75) is 0 Å². The van der Waals surface area contributed by atoms with Gasteiger partial charge in [-0.05, 0) is 60.7 Å². The van der Waals surface area contributed by atoms with Gasteiger partial charge in [-0.3, -0.25) is 0 Å². The summed E-state index contributed by atoms with van der Waals surface area (Å²) in [5.41, 5.74) is 7.20. The molecule has 7 nitrogen and oxygen atoms in total. The summed E-state index contributed by atoms with van der Waals surface area (Å²) in [6, 6.07) is 41.2. The van der Waals surface area contributed by atoms with Gasteiger partial charge in [0.1, 0.15) is 11.0 Å². The molecule has 0 aliphatic carbocycles. The predicted octanol–water partition coefficient (Wildman–Crippen LogP) is 8.49. The van der Waals surface area contributed by atoms with Gasteiger partial charge in [0.15, 0.2) is 28.6 Å². The highest BCUT2D eigenvalue weighted by Crippen LogP contribution is 2.31. The third-order valence-electron chi connectivity index (χ3n) is 7.00. The number of nitrogens with zero attached hydrogens (tertiary/aromatic N) is 5. The van der Waals surface area contributed by atoms with Crippen molar-refractivity contribution in [2.75, 3.05) is 0 Å². The normalized spacial score (nSPS) is 11.3. The summed E-state index contributed by atoms with van der Waals surface area (Å²) >= 11 is 0. The van der Waals surface area contributed by atoms with E-state index in [0.29, 0.717) is 40.4 Å². The number of oxazole rings is 2. The molecule has 8 aromatic rings. The highest BCUT2D eigenvalue weighted by Gasteiger charge is 2.16. The lowest BCUT2D eigenvalue weighted by molar-refractivity contribution is 0.619. The molecule has 0 radical (unpaired) electrons. The summed E-state index contributed by atoms with van der Waals surface area (Å²) in [7, 11) is 0. The van der Waals surface area contributed by atoms with Crippen molar-refractivity contribution < 1.29 is 8.83 Å². The topological polar surface area (TPSA) is 90.7 Å². The summed E-state index contributed by atoms with van der Waals surface area (Å²) in [6.07, 6.45) is 0. The molecule has 0 saturated carbocycles. The zero-order valence-corrected chi connectivity index (χ0v) is 22.2. The van der Waals surface area contributed by atoms with Crippen molar-refractivity contribution in [3.63, 3.8) is 0 Å². The van der Waals surface area contributed by atoms with E-state index in [9.17, 15) is 0 Å². The van der Waals surface area contributed by atoms with E-state index in [0.717, 1.165) is 38.9 Å². The van der Waals surface area contributed by atoms with Gasteiger partial charge in [0.05, 0.1) is 0 Å². The monoisotopic (exact) mass is 543 g/mol. The number of hydrogen-bond acceptors (Lipinski definition) is 7. The van der Waals surface area contributed by atoms with Gasteiger partial charge >= 0.3 is 0 Å². The van der Waals surface area contributed by atoms with Crippen LogP contribution in [0, 0.1) is 0 Å². The number of hydrogen-bond donors (Lipinski definition) is 0. The van der Waals surface area contributed by atoms with E-state index in [-0.39, 0.29) is 0 Å². The fourth-order valence-corrected chi connectivity index (χ4v) is 4.89. The minimum atomic E-state index is 0.537. The van der Waals surface area contributed by atoms with Gasteiger partial charge in [0.2, 0.25) is 11.8 Å². The van der Waals surface area contributed by atoms with Crippen LogP contribution in [0.3, 0.4) is 0 Å². The Kier molecular flexibility index (Phi) is 5.64. The van der Waals surface area contributed by atoms with Crippen molar-refractivity contribution in [1.29, 1.82) is 0 Å². The molecule has 5 aromatic carbocycles. The van der Waals surface area contributed by atoms with Gasteiger partial charge in [-0.15, -0.1) is 0 Å². The number of rotatable bonds is 5. The number of fused-ring (bicyclic) bond motifs is 2. The largest absolute Gasteiger partial charge is 0.436 e. The van der Waals surface area contributed by atoms with Crippen molar-refractivity contribution in [3.05, 3.63) is 127 Å². The summed E-state index contributed by atoms with van der Waals surface area (Å²) in [5, 5.41) is 0. The molecule has 0 bridgehead atoms. The summed E-state index contributed by atoms with van der Waals surface area (Å²) in [4.78, 5) is 24.1. The van der Waals surface area contributed by atoms with Crippen LogP contribution in [0.1, 0.15) is 0 Å². The molecule has 0 atom stereocenters. The molecule has 0 aliphatic rings. The maximum Gasteiger partial charge on any atom is 0.227 e. The van der Waals surface area contributed by atoms with Crippen LogP contribution in [0.25, 0.3) is 79.3 Å². The molecule has 0 aliphatic heterocycles. The van der Waals surface area contributed by atoms with Gasteiger partial charge in [-0.1, -0.05) is 66.7 Å². The van der Waals surface area contributed by atoms with Crippen LogP contribution < -0.4 is 0 Å². The average molecular weight is 544 g/mol. The third-order valence-corrected chi connectivity index (χ3v) is 7.00. The molecule has 0 spiro atoms. The van der Waals surface area contributed by atoms with Crippen molar-refractivity contribution in [2.24, 2.45) is 0 Å². The van der Waals surface area contributed by atoms with E-state index in [4.69, 9.17) is 33.8 Å². The molecule has 42 heavy (non-hydrogen) atoms. The molecule has 0 amide bonds. The lowest BCUT2D eigenvalue weighted by Crippen LogP contribution is -2.00. The van der Waals surface area contributed by atoms with E-state index in [1.807, 2.05) is 127 Å². The number of benzene rings is 5. The molecule has 7 heteroatoms. The molecular formula is C35H21N5O2. The van der Waals surface area contributed by atoms with E-state index >= 15 is 0 Å². The summed E-state index contributed by atoms with van der Waals surface area (Å²) < 4.78 is 12.1. The summed E-state index contributed by atoms with van der Waals surface area (Å²) in [5.74, 6) is 2.79. The van der Waals surface area contributed by atoms with E-state index in [1.54, 1.807) is 0 Å². The minimum Gasteiger partial charge on any atom is -0.436 e. The molecule has 3 aromatic heterocycles. The summed E-state index contributed by atoms with van der Waals surface area (Å²) in [6.45, 7) is 0. The van der Waals surface area contributed by atoms with E-state index in [1.165, 1.54) is 0 Å². The Morgan fingerprint density at radius 3 is 1.14 bits per heavy atom. The SMILES string of the molecule is c1ccc(-c2nc(-c3ccc4oc(-c5ccccc5)nc4c3)nc(-c3ccc4oc(-c5ccccc5)nc4c3)n2)cc1. The lowest BCUT2D eigenvalue weighted by atomic mass is 10.1. The molecule has 0 N–H and O–H groups in total. The molecule has 198 valence electrons. The maximum absolute atomic E-state index is 6.03. The zero-order valence-electron chi connectivity index (χ0n) is 22.2. The van der Waals surface area contributed by atoms with Crippen LogP contribution in [0.2, 0.25) is 0 Å². The Bertz CT molecular complexity index is 2050. The van der Waals surface area contributed by atoms with Gasteiger partial charge < -0.3 is 8.83 Å². The van der Waals surface area contributed by atoms with E-state index < -0.39 is 0 Å². The predicted molar refractivity (Wildman–Crippen MR) is 162 cm³/mol. The second-order valence-electron chi connectivity index (χ2n) is 9.81. The molecular weight excluding hydrogens is 522 g/mol. The van der Waals surface area contributed by atoms with Gasteiger partial charge in [-0.25, -0.2) is 24.9 Å². The van der Waals surface area contributed by atoms with Crippen molar-refractivity contribution in [3.8, 4) is 57.1 Å². The molecule has 0 fully saturated rings. The highest BCUT2D eigenvalue weighted by molar-refractivity contribution is 5.83. The molecule has 0 saturated heterocycles. The maximum atomic E-state index is 6.03. The first-order valence-electron chi connectivity index (χ1n) is 13.5. The lowest BCUT2D eigenvalue weighted by Gasteiger charge is -2.08. The first-order chi connectivity index (χ1) is 20.8. The number of aromatic nitrogens is 5. The van der Waals surface area contributed by atoms with Crippen LogP contribution >= 0.6 is 0 Å². The Morgan fingerprint density at radius 2 is 0.714 bits per heavy atom. The third kappa shape index (κ3) is 4.39. The Balaban J connectivity index is 1.24. The van der Waals surface area contributed by atoms with Crippen molar-refractivity contribution >= 4 is 22.2 Å². The average Bonchev–Trinajstić information content (AvgIpc) is 3.70. The first-order valence-corrected chi connectivity index (χ1v) is 13.5. The second kappa shape index (κ2) is 9.91. The Labute approximate surface area is 240 Å². The highest BCUT2D eigenvalue weighted by atomic mass is 16.4. The van der Waals surface area contributed by atoms with Gasteiger partial charge in [-0.2, -0.15) is 0 Å². The standard InChI is InChI=1S/C35H21N5O2/c1-4-10-22(11-5-1)31-38-32(25-16-18-29-27(20-25)36-34(41-29)23-12-6-2-7-13-23)40-33(39-31)26-17-19-30-28(21-26)37-35(42-30)24-14-8-3-9-15-24/h1-21H. The van der Waals surface area contributed by atoms with E-state index in [2.05, 4.69) is 0 Å². The van der Waals surface area contributed by atoms with Crippen LogP contribution in [0.15, 0.2) is 136 Å². The quantitative estimate of drug-likeness (QED) is 0.215. The fraction of sp³-hybridized carbons (Fsp3) is 0. The minimum absolute atomic E-state index is 0.537. The Hall–Kier alpha value is -5.95. The fourth-order valence-electron chi connectivity index (χ4n) is 4.89. The van der Waals surface area contributed by atoms with Crippen LogP contribution in [-0.4, -0.2) is 24.9 Å². The second-order valence-corrected chi connectivity index (χ2v) is 9.81. The molecule has 0 unspecified atom stereocenters. The van der Waals surface area contributed by atoms with Crippen LogP contribution in [0.5, 0.6) is 0 Å². The molecule has 8 rings (SSSR count). The van der Waals surface area contributed by atoms with Crippen LogP contribution in [-0.2, 0) is 0 Å².